The van der Waals surface area contributed by atoms with Crippen molar-refractivity contribution in [3.63, 3.8) is 0 Å². The Bertz CT molecular complexity index is 384. The van der Waals surface area contributed by atoms with Gasteiger partial charge in [0.05, 0.1) is 0 Å². The van der Waals surface area contributed by atoms with Gasteiger partial charge in [0.25, 0.3) is 0 Å². The maximum atomic E-state index is 11.1. The standard InChI is InChI=1S/C12H18N2O/c1-6-5-7(2)9(4)10(8(6)3)11(13)12(14)15/h5,11H,13H2,1-4H3,(H2,14,15). The average Bonchev–Trinajstić information content (AvgIpc) is 2.15. The van der Waals surface area contributed by atoms with Gasteiger partial charge in [-0.1, -0.05) is 6.07 Å². The van der Waals surface area contributed by atoms with Crippen LogP contribution >= 0.6 is 0 Å². The van der Waals surface area contributed by atoms with Gasteiger partial charge < -0.3 is 11.5 Å². The third kappa shape index (κ3) is 2.02. The number of nitrogens with two attached hydrogens (primary N) is 2. The Morgan fingerprint density at radius 3 is 1.87 bits per heavy atom. The third-order valence-corrected chi connectivity index (χ3v) is 3.04. The molecule has 0 radical (unpaired) electrons. The Morgan fingerprint density at radius 2 is 1.53 bits per heavy atom. The maximum absolute atomic E-state index is 11.1. The van der Waals surface area contributed by atoms with Gasteiger partial charge in [-0.2, -0.15) is 0 Å². The van der Waals surface area contributed by atoms with E-state index in [1.54, 1.807) is 0 Å². The smallest absolute Gasteiger partial charge is 0.238 e. The molecule has 1 unspecified atom stereocenters. The SMILES string of the molecule is Cc1cc(C)c(C)c(C(N)C(N)=O)c1C. The molecule has 4 N–H and O–H groups in total. The average molecular weight is 206 g/mol. The molecule has 0 saturated heterocycles. The van der Waals surface area contributed by atoms with E-state index in [0.29, 0.717) is 0 Å². The Hall–Kier alpha value is -1.35. The highest BCUT2D eigenvalue weighted by molar-refractivity contribution is 5.82. The molecule has 0 aliphatic heterocycles. The zero-order valence-corrected chi connectivity index (χ0v) is 9.72. The molecule has 0 bridgehead atoms. The molecule has 0 aromatic heterocycles. The van der Waals surface area contributed by atoms with Crippen molar-refractivity contribution < 1.29 is 4.79 Å². The van der Waals surface area contributed by atoms with Crippen LogP contribution in [0.1, 0.15) is 33.9 Å². The number of rotatable bonds is 2. The normalized spacial score (nSPS) is 12.6. The van der Waals surface area contributed by atoms with Crippen molar-refractivity contribution in [2.24, 2.45) is 11.5 Å². The van der Waals surface area contributed by atoms with Crippen molar-refractivity contribution in [3.05, 3.63) is 33.9 Å². The lowest BCUT2D eigenvalue weighted by Gasteiger charge is -2.18. The van der Waals surface area contributed by atoms with Gasteiger partial charge in [-0.05, 0) is 55.5 Å². The first-order valence-electron chi connectivity index (χ1n) is 4.98. The highest BCUT2D eigenvalue weighted by Gasteiger charge is 2.19. The van der Waals surface area contributed by atoms with Gasteiger partial charge >= 0.3 is 0 Å². The molecule has 1 amide bonds. The van der Waals surface area contributed by atoms with E-state index in [0.717, 1.165) is 27.8 Å². The van der Waals surface area contributed by atoms with Gasteiger partial charge in [0, 0.05) is 0 Å². The summed E-state index contributed by atoms with van der Waals surface area (Å²) < 4.78 is 0. The fourth-order valence-electron chi connectivity index (χ4n) is 1.86. The highest BCUT2D eigenvalue weighted by atomic mass is 16.1. The molecule has 3 nitrogen and oxygen atoms in total. The molecule has 1 aromatic rings. The van der Waals surface area contributed by atoms with E-state index in [1.165, 1.54) is 0 Å². The van der Waals surface area contributed by atoms with E-state index in [-0.39, 0.29) is 0 Å². The van der Waals surface area contributed by atoms with E-state index in [1.807, 2.05) is 27.7 Å². The zero-order chi connectivity index (χ0) is 11.7. The minimum absolute atomic E-state index is 0.480. The van der Waals surface area contributed by atoms with E-state index < -0.39 is 11.9 Å². The number of benzene rings is 1. The number of hydrogen-bond donors (Lipinski definition) is 2. The van der Waals surface area contributed by atoms with E-state index in [9.17, 15) is 4.79 Å². The molecule has 0 fully saturated rings. The summed E-state index contributed by atoms with van der Waals surface area (Å²) in [5.41, 5.74) is 16.3. The van der Waals surface area contributed by atoms with Crippen molar-refractivity contribution in [2.75, 3.05) is 0 Å². The van der Waals surface area contributed by atoms with Crippen LogP contribution in [-0.4, -0.2) is 5.91 Å². The molecule has 15 heavy (non-hydrogen) atoms. The Kier molecular flexibility index (Phi) is 3.15. The largest absolute Gasteiger partial charge is 0.368 e. The molecule has 0 aliphatic carbocycles. The quantitative estimate of drug-likeness (QED) is 0.768. The van der Waals surface area contributed by atoms with Crippen LogP contribution in [0, 0.1) is 27.7 Å². The highest BCUT2D eigenvalue weighted by Crippen LogP contribution is 2.25. The topological polar surface area (TPSA) is 69.1 Å². The molecule has 3 heteroatoms. The molecule has 82 valence electrons. The molecule has 0 spiro atoms. The Morgan fingerprint density at radius 1 is 1.13 bits per heavy atom. The monoisotopic (exact) mass is 206 g/mol. The molecular formula is C12H18N2O. The summed E-state index contributed by atoms with van der Waals surface area (Å²) in [6, 6.07) is 1.39. The van der Waals surface area contributed by atoms with Crippen LogP contribution in [0.3, 0.4) is 0 Å². The molecule has 1 aromatic carbocycles. The predicted octanol–water partition coefficient (Wildman–Crippen LogP) is 1.41. The van der Waals surface area contributed by atoms with Crippen molar-refractivity contribution in [1.82, 2.24) is 0 Å². The van der Waals surface area contributed by atoms with Gasteiger partial charge in [0.15, 0.2) is 0 Å². The third-order valence-electron chi connectivity index (χ3n) is 3.04. The summed E-state index contributed by atoms with van der Waals surface area (Å²) in [7, 11) is 0. The number of primary amides is 1. The summed E-state index contributed by atoms with van der Waals surface area (Å²) in [5, 5.41) is 0. The van der Waals surface area contributed by atoms with Crippen LogP contribution in [0.4, 0.5) is 0 Å². The minimum Gasteiger partial charge on any atom is -0.368 e. The van der Waals surface area contributed by atoms with Gasteiger partial charge in [-0.25, -0.2) is 0 Å². The molecule has 1 atom stereocenters. The molecular weight excluding hydrogens is 188 g/mol. The lowest BCUT2D eigenvalue weighted by atomic mass is 9.90. The van der Waals surface area contributed by atoms with E-state index in [4.69, 9.17) is 11.5 Å². The first kappa shape index (κ1) is 11.7. The number of carbonyl (C=O) groups is 1. The first-order valence-corrected chi connectivity index (χ1v) is 4.98. The Balaban J connectivity index is 3.45. The van der Waals surface area contributed by atoms with Crippen LogP contribution in [0.15, 0.2) is 6.07 Å². The number of aryl methyl sites for hydroxylation is 2. The molecule has 0 aliphatic rings. The number of carbonyl (C=O) groups excluding carboxylic acids is 1. The molecule has 0 heterocycles. The van der Waals surface area contributed by atoms with Crippen LogP contribution in [-0.2, 0) is 4.79 Å². The summed E-state index contributed by atoms with van der Waals surface area (Å²) in [4.78, 5) is 11.1. The zero-order valence-electron chi connectivity index (χ0n) is 9.72. The predicted molar refractivity (Wildman–Crippen MR) is 61.5 cm³/mol. The van der Waals surface area contributed by atoms with E-state index in [2.05, 4.69) is 6.07 Å². The maximum Gasteiger partial charge on any atom is 0.238 e. The summed E-state index contributed by atoms with van der Waals surface area (Å²) in [5.74, 6) is -0.480. The van der Waals surface area contributed by atoms with Crippen LogP contribution in [0.5, 0.6) is 0 Å². The molecule has 0 saturated carbocycles. The summed E-state index contributed by atoms with van der Waals surface area (Å²) in [6.45, 7) is 7.97. The van der Waals surface area contributed by atoms with Crippen molar-refractivity contribution >= 4 is 5.91 Å². The van der Waals surface area contributed by atoms with Crippen molar-refractivity contribution in [3.8, 4) is 0 Å². The number of hydrogen-bond acceptors (Lipinski definition) is 2. The van der Waals surface area contributed by atoms with Gasteiger partial charge in [0.2, 0.25) is 5.91 Å². The van der Waals surface area contributed by atoms with Crippen molar-refractivity contribution in [1.29, 1.82) is 0 Å². The lowest BCUT2D eigenvalue weighted by Crippen LogP contribution is -2.30. The summed E-state index contributed by atoms with van der Waals surface area (Å²) in [6.07, 6.45) is 0. The second-order valence-corrected chi connectivity index (χ2v) is 4.05. The van der Waals surface area contributed by atoms with E-state index >= 15 is 0 Å². The van der Waals surface area contributed by atoms with Gasteiger partial charge in [-0.15, -0.1) is 0 Å². The van der Waals surface area contributed by atoms with Crippen LogP contribution in [0.25, 0.3) is 0 Å². The fourth-order valence-corrected chi connectivity index (χ4v) is 1.86. The fraction of sp³-hybridized carbons (Fsp3) is 0.417. The van der Waals surface area contributed by atoms with Gasteiger partial charge in [-0.3, -0.25) is 4.79 Å². The van der Waals surface area contributed by atoms with Crippen LogP contribution in [0.2, 0.25) is 0 Å². The molecule has 1 rings (SSSR count). The second-order valence-electron chi connectivity index (χ2n) is 4.05. The number of amides is 1. The van der Waals surface area contributed by atoms with Gasteiger partial charge in [0.1, 0.15) is 6.04 Å². The summed E-state index contributed by atoms with van der Waals surface area (Å²) >= 11 is 0. The van der Waals surface area contributed by atoms with Crippen LogP contribution < -0.4 is 11.5 Å². The van der Waals surface area contributed by atoms with Crippen molar-refractivity contribution in [2.45, 2.75) is 33.7 Å². The Labute approximate surface area is 90.5 Å². The first-order chi connectivity index (χ1) is 6.86. The second kappa shape index (κ2) is 4.03. The minimum atomic E-state index is -0.705. The lowest BCUT2D eigenvalue weighted by molar-refractivity contribution is -0.119.